The Morgan fingerprint density at radius 2 is 1.92 bits per heavy atom. The molecule has 0 saturated carbocycles. The Morgan fingerprint density at radius 1 is 1.42 bits per heavy atom. The Balaban J connectivity index is 2.34. The molecule has 2 nitrogen and oxygen atoms in total. The van der Waals surface area contributed by atoms with Crippen molar-refractivity contribution < 1.29 is 4.79 Å². The third-order valence-electron chi connectivity index (χ3n) is 2.58. The summed E-state index contributed by atoms with van der Waals surface area (Å²) in [5.74, 6) is 0.113. The normalized spacial score (nSPS) is 21.7. The van der Waals surface area contributed by atoms with Crippen molar-refractivity contribution in [3.8, 4) is 0 Å². The van der Waals surface area contributed by atoms with Gasteiger partial charge in [0, 0.05) is 12.0 Å². The van der Waals surface area contributed by atoms with Crippen LogP contribution >= 0.6 is 11.6 Å². The monoisotopic (exact) mass is 189 g/mol. The van der Waals surface area contributed by atoms with Crippen LogP contribution in [0.4, 0.5) is 0 Å². The molecule has 0 unspecified atom stereocenters. The zero-order chi connectivity index (χ0) is 9.14. The molecule has 1 saturated heterocycles. The van der Waals surface area contributed by atoms with Gasteiger partial charge in [-0.2, -0.15) is 0 Å². The maximum Gasteiger partial charge on any atom is 0.224 e. The Hall–Kier alpha value is -0.0800. The van der Waals surface area contributed by atoms with Crippen molar-refractivity contribution in [3.05, 3.63) is 0 Å². The summed E-state index contributed by atoms with van der Waals surface area (Å²) < 4.78 is 0. The van der Waals surface area contributed by atoms with Gasteiger partial charge in [0.2, 0.25) is 5.24 Å². The lowest BCUT2D eigenvalue weighted by Crippen LogP contribution is -2.39. The SMILES string of the molecule is CC(C)N1CCC(C(=O)Cl)CC1. The first-order chi connectivity index (χ1) is 5.61. The molecule has 0 atom stereocenters. The summed E-state index contributed by atoms with van der Waals surface area (Å²) in [5, 5.41) is -0.154. The summed E-state index contributed by atoms with van der Waals surface area (Å²) in [6.45, 7) is 6.40. The van der Waals surface area contributed by atoms with Crippen LogP contribution in [0.15, 0.2) is 0 Å². The summed E-state index contributed by atoms with van der Waals surface area (Å²) in [7, 11) is 0. The molecule has 1 rings (SSSR count). The van der Waals surface area contributed by atoms with Gasteiger partial charge >= 0.3 is 0 Å². The molecule has 0 aromatic heterocycles. The second-order valence-electron chi connectivity index (χ2n) is 3.71. The molecule has 1 aliphatic rings. The minimum Gasteiger partial charge on any atom is -0.301 e. The fraction of sp³-hybridized carbons (Fsp3) is 0.889. The highest BCUT2D eigenvalue weighted by molar-refractivity contribution is 6.63. The standard InChI is InChI=1S/C9H16ClNO/c1-7(2)11-5-3-8(4-6-11)9(10)12/h7-8H,3-6H2,1-2H3. The van der Waals surface area contributed by atoms with E-state index in [2.05, 4.69) is 18.7 Å². The van der Waals surface area contributed by atoms with Gasteiger partial charge in [0.15, 0.2) is 0 Å². The van der Waals surface area contributed by atoms with Crippen LogP contribution in [0, 0.1) is 5.92 Å². The predicted octanol–water partition coefficient (Wildman–Crippen LogP) is 1.87. The second kappa shape index (κ2) is 4.24. The van der Waals surface area contributed by atoms with Crippen LogP contribution in [-0.4, -0.2) is 29.3 Å². The Bertz CT molecular complexity index is 162. The highest BCUT2D eigenvalue weighted by Crippen LogP contribution is 2.20. The van der Waals surface area contributed by atoms with E-state index < -0.39 is 0 Å². The van der Waals surface area contributed by atoms with Gasteiger partial charge in [-0.3, -0.25) is 4.79 Å². The topological polar surface area (TPSA) is 20.3 Å². The average Bonchev–Trinajstić information content (AvgIpc) is 2.04. The zero-order valence-corrected chi connectivity index (χ0v) is 8.47. The van der Waals surface area contributed by atoms with E-state index in [1.807, 2.05) is 0 Å². The van der Waals surface area contributed by atoms with E-state index in [9.17, 15) is 4.79 Å². The summed E-state index contributed by atoms with van der Waals surface area (Å²) in [6.07, 6.45) is 1.86. The molecule has 1 fully saturated rings. The molecule has 0 spiro atoms. The van der Waals surface area contributed by atoms with Crippen molar-refractivity contribution in [1.29, 1.82) is 0 Å². The molecule has 0 bridgehead atoms. The molecule has 12 heavy (non-hydrogen) atoms. The molecule has 0 aliphatic carbocycles. The Kier molecular flexibility index (Phi) is 3.53. The molecule has 1 aliphatic heterocycles. The lowest BCUT2D eigenvalue weighted by atomic mass is 9.97. The lowest BCUT2D eigenvalue weighted by molar-refractivity contribution is -0.116. The van der Waals surface area contributed by atoms with E-state index in [-0.39, 0.29) is 11.2 Å². The summed E-state index contributed by atoms with van der Waals surface area (Å²) >= 11 is 5.43. The molecule has 0 aromatic rings. The van der Waals surface area contributed by atoms with Crippen molar-refractivity contribution in [2.24, 2.45) is 5.92 Å². The van der Waals surface area contributed by atoms with Crippen LogP contribution in [0.1, 0.15) is 26.7 Å². The maximum atomic E-state index is 10.8. The van der Waals surface area contributed by atoms with Gasteiger partial charge < -0.3 is 4.90 Å². The number of carbonyl (C=O) groups excluding carboxylic acids is 1. The van der Waals surface area contributed by atoms with E-state index in [1.54, 1.807) is 0 Å². The van der Waals surface area contributed by atoms with Gasteiger partial charge in [0.05, 0.1) is 0 Å². The summed E-state index contributed by atoms with van der Waals surface area (Å²) in [5.41, 5.74) is 0. The van der Waals surface area contributed by atoms with Crippen molar-refractivity contribution in [2.45, 2.75) is 32.7 Å². The number of rotatable bonds is 2. The molecule has 0 amide bonds. The van der Waals surface area contributed by atoms with Crippen LogP contribution in [0.5, 0.6) is 0 Å². The van der Waals surface area contributed by atoms with Gasteiger partial charge in [-0.15, -0.1) is 0 Å². The molecule has 1 heterocycles. The van der Waals surface area contributed by atoms with Gasteiger partial charge in [0.25, 0.3) is 0 Å². The average molecular weight is 190 g/mol. The third kappa shape index (κ3) is 2.46. The predicted molar refractivity (Wildman–Crippen MR) is 50.3 cm³/mol. The first kappa shape index (κ1) is 10.0. The van der Waals surface area contributed by atoms with E-state index in [1.165, 1.54) is 0 Å². The van der Waals surface area contributed by atoms with Crippen molar-refractivity contribution in [2.75, 3.05) is 13.1 Å². The lowest BCUT2D eigenvalue weighted by Gasteiger charge is -2.33. The molecule has 0 radical (unpaired) electrons. The van der Waals surface area contributed by atoms with Crippen molar-refractivity contribution >= 4 is 16.8 Å². The van der Waals surface area contributed by atoms with Crippen LogP contribution < -0.4 is 0 Å². The number of likely N-dealkylation sites (tertiary alicyclic amines) is 1. The van der Waals surface area contributed by atoms with Crippen molar-refractivity contribution in [1.82, 2.24) is 4.90 Å². The van der Waals surface area contributed by atoms with E-state index >= 15 is 0 Å². The molecule has 0 aromatic carbocycles. The van der Waals surface area contributed by atoms with E-state index in [0.29, 0.717) is 6.04 Å². The smallest absolute Gasteiger partial charge is 0.224 e. The van der Waals surface area contributed by atoms with Gasteiger partial charge in [-0.25, -0.2) is 0 Å². The van der Waals surface area contributed by atoms with Gasteiger partial charge in [0.1, 0.15) is 0 Å². The zero-order valence-electron chi connectivity index (χ0n) is 7.72. The largest absolute Gasteiger partial charge is 0.301 e. The number of hydrogen-bond donors (Lipinski definition) is 0. The number of piperidine rings is 1. The maximum absolute atomic E-state index is 10.8. The van der Waals surface area contributed by atoms with Gasteiger partial charge in [-0.1, -0.05) is 0 Å². The first-order valence-electron chi connectivity index (χ1n) is 4.54. The molecule has 0 N–H and O–H groups in total. The Labute approximate surface area is 78.9 Å². The minimum atomic E-state index is -0.154. The quantitative estimate of drug-likeness (QED) is 0.619. The molecular formula is C9H16ClNO. The summed E-state index contributed by atoms with van der Waals surface area (Å²) in [4.78, 5) is 13.2. The number of hydrogen-bond acceptors (Lipinski definition) is 2. The second-order valence-corrected chi connectivity index (χ2v) is 4.08. The van der Waals surface area contributed by atoms with E-state index in [4.69, 9.17) is 11.6 Å². The molecule has 3 heteroatoms. The Morgan fingerprint density at radius 3 is 2.25 bits per heavy atom. The van der Waals surface area contributed by atoms with E-state index in [0.717, 1.165) is 25.9 Å². The van der Waals surface area contributed by atoms with Crippen LogP contribution in [-0.2, 0) is 4.79 Å². The first-order valence-corrected chi connectivity index (χ1v) is 4.92. The minimum absolute atomic E-state index is 0.113. The fourth-order valence-corrected chi connectivity index (χ4v) is 1.86. The third-order valence-corrected chi connectivity index (χ3v) is 2.89. The van der Waals surface area contributed by atoms with Crippen LogP contribution in [0.3, 0.4) is 0 Å². The number of halogens is 1. The van der Waals surface area contributed by atoms with Crippen molar-refractivity contribution in [3.63, 3.8) is 0 Å². The highest BCUT2D eigenvalue weighted by Gasteiger charge is 2.24. The van der Waals surface area contributed by atoms with Gasteiger partial charge in [-0.05, 0) is 51.4 Å². The van der Waals surface area contributed by atoms with Crippen LogP contribution in [0.2, 0.25) is 0 Å². The number of nitrogens with zero attached hydrogens (tertiary/aromatic N) is 1. The summed E-state index contributed by atoms with van der Waals surface area (Å²) in [6, 6.07) is 0.594. The fourth-order valence-electron chi connectivity index (χ4n) is 1.64. The molecule has 70 valence electrons. The molecular weight excluding hydrogens is 174 g/mol. The van der Waals surface area contributed by atoms with Crippen LogP contribution in [0.25, 0.3) is 0 Å². The highest BCUT2D eigenvalue weighted by atomic mass is 35.5. The number of carbonyl (C=O) groups is 1.